The van der Waals surface area contributed by atoms with Crippen molar-refractivity contribution in [3.63, 3.8) is 0 Å². The maximum Gasteiger partial charge on any atom is 0.229 e. The molecular formula is C15H25N3O. The van der Waals surface area contributed by atoms with Crippen LogP contribution < -0.4 is 5.73 Å². The van der Waals surface area contributed by atoms with Crippen LogP contribution in [0.5, 0.6) is 0 Å². The van der Waals surface area contributed by atoms with Crippen molar-refractivity contribution >= 4 is 0 Å². The molecule has 0 radical (unpaired) electrons. The molecule has 2 unspecified atom stereocenters. The topological polar surface area (TPSA) is 64.9 Å². The lowest BCUT2D eigenvalue weighted by Crippen LogP contribution is -2.14. The van der Waals surface area contributed by atoms with Crippen LogP contribution in [-0.4, -0.2) is 16.2 Å². The van der Waals surface area contributed by atoms with Crippen LogP contribution in [0.2, 0.25) is 0 Å². The monoisotopic (exact) mass is 263 g/mol. The minimum Gasteiger partial charge on any atom is -0.339 e. The molecule has 2 saturated carbocycles. The van der Waals surface area contributed by atoms with Crippen LogP contribution in [0, 0.1) is 0 Å². The van der Waals surface area contributed by atoms with E-state index in [4.69, 9.17) is 10.3 Å². The second-order valence-electron chi connectivity index (χ2n) is 6.30. The first-order valence-corrected chi connectivity index (χ1v) is 7.92. The molecule has 106 valence electrons. The summed E-state index contributed by atoms with van der Waals surface area (Å²) in [4.78, 5) is 4.69. The summed E-state index contributed by atoms with van der Waals surface area (Å²) >= 11 is 0. The molecule has 19 heavy (non-hydrogen) atoms. The summed E-state index contributed by atoms with van der Waals surface area (Å²) < 4.78 is 5.51. The molecule has 1 heterocycles. The molecule has 2 N–H and O–H groups in total. The Balaban J connectivity index is 1.66. The van der Waals surface area contributed by atoms with Crippen molar-refractivity contribution in [1.82, 2.24) is 10.1 Å². The highest BCUT2D eigenvalue weighted by atomic mass is 16.5. The average Bonchev–Trinajstić information content (AvgIpc) is 2.97. The summed E-state index contributed by atoms with van der Waals surface area (Å²) in [6.07, 6.45) is 12.4. The van der Waals surface area contributed by atoms with Crippen LogP contribution >= 0.6 is 0 Å². The molecule has 2 fully saturated rings. The third-order valence-electron chi connectivity index (χ3n) is 4.75. The van der Waals surface area contributed by atoms with Gasteiger partial charge in [0.2, 0.25) is 5.89 Å². The Bertz CT molecular complexity index is 396. The molecule has 0 spiro atoms. The number of rotatable bonds is 2. The van der Waals surface area contributed by atoms with Crippen molar-refractivity contribution < 1.29 is 4.52 Å². The first-order valence-electron chi connectivity index (χ1n) is 7.92. The van der Waals surface area contributed by atoms with Crippen LogP contribution in [-0.2, 0) is 0 Å². The van der Waals surface area contributed by atoms with Crippen LogP contribution in [0.25, 0.3) is 0 Å². The minimum absolute atomic E-state index is 0.321. The normalized spacial score (nSPS) is 30.2. The van der Waals surface area contributed by atoms with Gasteiger partial charge in [0, 0.05) is 17.9 Å². The van der Waals surface area contributed by atoms with Crippen LogP contribution in [0.3, 0.4) is 0 Å². The van der Waals surface area contributed by atoms with Crippen LogP contribution in [0.4, 0.5) is 0 Å². The number of hydrogen-bond acceptors (Lipinski definition) is 4. The van der Waals surface area contributed by atoms with Gasteiger partial charge in [0.15, 0.2) is 5.82 Å². The highest BCUT2D eigenvalue weighted by molar-refractivity contribution is 5.02. The quantitative estimate of drug-likeness (QED) is 0.887. The van der Waals surface area contributed by atoms with Gasteiger partial charge in [-0.1, -0.05) is 37.3 Å². The Kier molecular flexibility index (Phi) is 4.16. The van der Waals surface area contributed by atoms with Gasteiger partial charge in [0.05, 0.1) is 0 Å². The Labute approximate surface area is 115 Å². The lowest BCUT2D eigenvalue weighted by atomic mass is 9.91. The van der Waals surface area contributed by atoms with Gasteiger partial charge in [0.25, 0.3) is 0 Å². The molecule has 4 nitrogen and oxygen atoms in total. The highest BCUT2D eigenvalue weighted by Gasteiger charge is 2.29. The number of aromatic nitrogens is 2. The molecule has 2 aliphatic carbocycles. The molecule has 4 heteroatoms. The largest absolute Gasteiger partial charge is 0.339 e. The molecule has 0 amide bonds. The zero-order valence-electron chi connectivity index (χ0n) is 11.7. The van der Waals surface area contributed by atoms with E-state index in [-0.39, 0.29) is 0 Å². The fourth-order valence-corrected chi connectivity index (χ4v) is 3.53. The number of nitrogens with zero attached hydrogens (tertiary/aromatic N) is 2. The van der Waals surface area contributed by atoms with Gasteiger partial charge in [-0.3, -0.25) is 0 Å². The van der Waals surface area contributed by atoms with E-state index >= 15 is 0 Å². The highest BCUT2D eigenvalue weighted by Crippen LogP contribution is 2.34. The second-order valence-corrected chi connectivity index (χ2v) is 6.30. The van der Waals surface area contributed by atoms with Crippen molar-refractivity contribution in [1.29, 1.82) is 0 Å². The first-order chi connectivity index (χ1) is 9.33. The number of hydrogen-bond donors (Lipinski definition) is 1. The summed E-state index contributed by atoms with van der Waals surface area (Å²) in [6, 6.07) is 0.321. The first kappa shape index (κ1) is 13.1. The van der Waals surface area contributed by atoms with Crippen molar-refractivity contribution in [2.24, 2.45) is 5.73 Å². The Morgan fingerprint density at radius 2 is 1.63 bits per heavy atom. The summed E-state index contributed by atoms with van der Waals surface area (Å²) in [5.74, 6) is 2.72. The Morgan fingerprint density at radius 1 is 0.895 bits per heavy atom. The molecule has 0 aliphatic heterocycles. The van der Waals surface area contributed by atoms with Crippen molar-refractivity contribution in [3.05, 3.63) is 11.7 Å². The molecule has 2 aliphatic rings. The van der Waals surface area contributed by atoms with E-state index in [9.17, 15) is 0 Å². The third kappa shape index (κ3) is 3.16. The average molecular weight is 263 g/mol. The SMILES string of the molecule is NC1CCC(c2nc(C3CCCCCCC3)no2)C1. The molecule has 0 saturated heterocycles. The van der Waals surface area contributed by atoms with E-state index in [1.807, 2.05) is 0 Å². The van der Waals surface area contributed by atoms with Crippen LogP contribution in [0.1, 0.15) is 87.8 Å². The van der Waals surface area contributed by atoms with Crippen molar-refractivity contribution in [2.45, 2.75) is 82.1 Å². The fraction of sp³-hybridized carbons (Fsp3) is 0.867. The van der Waals surface area contributed by atoms with Gasteiger partial charge < -0.3 is 10.3 Å². The summed E-state index contributed by atoms with van der Waals surface area (Å²) in [7, 11) is 0. The molecular weight excluding hydrogens is 238 g/mol. The van der Waals surface area contributed by atoms with Gasteiger partial charge in [-0.15, -0.1) is 0 Å². The molecule has 0 bridgehead atoms. The van der Waals surface area contributed by atoms with Gasteiger partial charge in [-0.05, 0) is 32.1 Å². The molecule has 2 atom stereocenters. The minimum atomic E-state index is 0.321. The predicted molar refractivity (Wildman–Crippen MR) is 73.9 cm³/mol. The van der Waals surface area contributed by atoms with Gasteiger partial charge in [0.1, 0.15) is 0 Å². The lowest BCUT2D eigenvalue weighted by Gasteiger charge is -2.15. The van der Waals surface area contributed by atoms with E-state index in [1.54, 1.807) is 0 Å². The lowest BCUT2D eigenvalue weighted by molar-refractivity contribution is 0.342. The second kappa shape index (κ2) is 6.04. The van der Waals surface area contributed by atoms with E-state index in [0.717, 1.165) is 31.0 Å². The van der Waals surface area contributed by atoms with E-state index in [0.29, 0.717) is 17.9 Å². The maximum atomic E-state index is 5.96. The summed E-state index contributed by atoms with van der Waals surface area (Å²) in [5, 5.41) is 4.25. The molecule has 0 aromatic carbocycles. The Morgan fingerprint density at radius 3 is 2.32 bits per heavy atom. The van der Waals surface area contributed by atoms with E-state index in [1.165, 1.54) is 44.9 Å². The predicted octanol–water partition coefficient (Wildman–Crippen LogP) is 3.49. The molecule has 3 rings (SSSR count). The van der Waals surface area contributed by atoms with Crippen molar-refractivity contribution in [3.8, 4) is 0 Å². The smallest absolute Gasteiger partial charge is 0.229 e. The maximum absolute atomic E-state index is 5.96. The third-order valence-corrected chi connectivity index (χ3v) is 4.75. The van der Waals surface area contributed by atoms with Gasteiger partial charge in [-0.25, -0.2) is 0 Å². The summed E-state index contributed by atoms with van der Waals surface area (Å²) in [5.41, 5.74) is 5.96. The standard InChI is InChI=1S/C15H25N3O/c16-13-9-8-12(10-13)15-17-14(18-19-15)11-6-4-2-1-3-5-7-11/h11-13H,1-10,16H2. The Hall–Kier alpha value is -0.900. The zero-order chi connectivity index (χ0) is 13.1. The molecule has 1 aromatic heterocycles. The van der Waals surface area contributed by atoms with E-state index < -0.39 is 0 Å². The zero-order valence-corrected chi connectivity index (χ0v) is 11.7. The number of nitrogens with two attached hydrogens (primary N) is 1. The van der Waals surface area contributed by atoms with Gasteiger partial charge >= 0.3 is 0 Å². The van der Waals surface area contributed by atoms with Crippen LogP contribution in [0.15, 0.2) is 4.52 Å². The van der Waals surface area contributed by atoms with E-state index in [2.05, 4.69) is 10.1 Å². The summed E-state index contributed by atoms with van der Waals surface area (Å²) in [6.45, 7) is 0. The van der Waals surface area contributed by atoms with Gasteiger partial charge in [-0.2, -0.15) is 4.98 Å². The fourth-order valence-electron chi connectivity index (χ4n) is 3.53. The van der Waals surface area contributed by atoms with Crippen molar-refractivity contribution in [2.75, 3.05) is 0 Å². The molecule has 1 aromatic rings.